The summed E-state index contributed by atoms with van der Waals surface area (Å²) in [5, 5.41) is 7.58. The van der Waals surface area contributed by atoms with Crippen LogP contribution in [0.4, 0.5) is 4.39 Å². The minimum absolute atomic E-state index is 0.183. The third-order valence-electron chi connectivity index (χ3n) is 3.44. The molecule has 1 unspecified atom stereocenters. The lowest BCUT2D eigenvalue weighted by atomic mass is 10.2. The third-order valence-corrected chi connectivity index (χ3v) is 3.44. The summed E-state index contributed by atoms with van der Waals surface area (Å²) >= 11 is 0. The largest absolute Gasteiger partial charge is 0.486 e. The highest BCUT2D eigenvalue weighted by Crippen LogP contribution is 2.18. The van der Waals surface area contributed by atoms with Crippen LogP contribution in [0.25, 0.3) is 5.69 Å². The maximum atomic E-state index is 13.2. The standard InChI is InChI=1S/C15H18FN3O/c16-12-4-3-5-13(8-12)19-11-15(10-18-19)20-14-6-1-2-7-17-9-14/h3-5,8,10-11,14,17H,1-2,6-7,9H2. The Hall–Kier alpha value is -1.88. The molecule has 0 amide bonds. The van der Waals surface area contributed by atoms with Gasteiger partial charge in [0.05, 0.1) is 18.1 Å². The summed E-state index contributed by atoms with van der Waals surface area (Å²) in [6.07, 6.45) is 7.08. The number of benzene rings is 1. The molecule has 1 aliphatic rings. The normalized spacial score (nSPS) is 19.6. The first-order chi connectivity index (χ1) is 9.81. The number of aromatic nitrogens is 2. The van der Waals surface area contributed by atoms with E-state index < -0.39 is 0 Å². The minimum Gasteiger partial charge on any atom is -0.486 e. The molecule has 20 heavy (non-hydrogen) atoms. The van der Waals surface area contributed by atoms with Crippen molar-refractivity contribution >= 4 is 0 Å². The van der Waals surface area contributed by atoms with Gasteiger partial charge < -0.3 is 10.1 Å². The molecule has 1 N–H and O–H groups in total. The lowest BCUT2D eigenvalue weighted by Crippen LogP contribution is -2.29. The van der Waals surface area contributed by atoms with Crippen molar-refractivity contribution in [1.29, 1.82) is 0 Å². The second kappa shape index (κ2) is 6.05. The van der Waals surface area contributed by atoms with Gasteiger partial charge in [-0.05, 0) is 44.0 Å². The van der Waals surface area contributed by atoms with Gasteiger partial charge in [-0.15, -0.1) is 0 Å². The van der Waals surface area contributed by atoms with Crippen molar-refractivity contribution in [3.05, 3.63) is 42.5 Å². The van der Waals surface area contributed by atoms with Crippen LogP contribution in [-0.2, 0) is 0 Å². The molecule has 1 aromatic heterocycles. The van der Waals surface area contributed by atoms with Crippen molar-refractivity contribution in [2.45, 2.75) is 25.4 Å². The van der Waals surface area contributed by atoms with E-state index in [-0.39, 0.29) is 11.9 Å². The third kappa shape index (κ3) is 3.17. The molecule has 0 aliphatic carbocycles. The van der Waals surface area contributed by atoms with E-state index in [1.165, 1.54) is 25.0 Å². The molecule has 0 bridgehead atoms. The Labute approximate surface area is 117 Å². The topological polar surface area (TPSA) is 39.1 Å². The van der Waals surface area contributed by atoms with Gasteiger partial charge in [-0.2, -0.15) is 5.10 Å². The van der Waals surface area contributed by atoms with Crippen LogP contribution in [0.5, 0.6) is 5.75 Å². The van der Waals surface area contributed by atoms with E-state index >= 15 is 0 Å². The molecule has 0 saturated carbocycles. The van der Waals surface area contributed by atoms with Crippen molar-refractivity contribution in [3.8, 4) is 11.4 Å². The van der Waals surface area contributed by atoms with Gasteiger partial charge >= 0.3 is 0 Å². The SMILES string of the molecule is Fc1cccc(-n2cc(OC3CCCCNC3)cn2)c1. The Bertz CT molecular complexity index is 562. The van der Waals surface area contributed by atoms with Gasteiger partial charge in [-0.25, -0.2) is 9.07 Å². The quantitative estimate of drug-likeness (QED) is 0.935. The number of hydrogen-bond acceptors (Lipinski definition) is 3. The van der Waals surface area contributed by atoms with Crippen LogP contribution in [0.3, 0.4) is 0 Å². The van der Waals surface area contributed by atoms with Crippen molar-refractivity contribution in [3.63, 3.8) is 0 Å². The molecule has 1 atom stereocenters. The van der Waals surface area contributed by atoms with E-state index in [9.17, 15) is 4.39 Å². The Balaban J connectivity index is 1.70. The van der Waals surface area contributed by atoms with E-state index in [1.807, 2.05) is 6.07 Å². The molecule has 2 aromatic rings. The molecular formula is C15H18FN3O. The summed E-state index contributed by atoms with van der Waals surface area (Å²) < 4.78 is 20.8. The maximum Gasteiger partial charge on any atom is 0.158 e. The zero-order chi connectivity index (χ0) is 13.8. The number of rotatable bonds is 3. The Morgan fingerprint density at radius 1 is 1.35 bits per heavy atom. The van der Waals surface area contributed by atoms with Gasteiger partial charge in [0.25, 0.3) is 0 Å². The van der Waals surface area contributed by atoms with E-state index in [0.29, 0.717) is 5.69 Å². The number of ether oxygens (including phenoxy) is 1. The van der Waals surface area contributed by atoms with Crippen molar-refractivity contribution in [2.24, 2.45) is 0 Å². The summed E-state index contributed by atoms with van der Waals surface area (Å²) in [5.74, 6) is 0.455. The summed E-state index contributed by atoms with van der Waals surface area (Å²) in [6.45, 7) is 1.92. The fourth-order valence-electron chi connectivity index (χ4n) is 2.41. The van der Waals surface area contributed by atoms with E-state index in [1.54, 1.807) is 23.1 Å². The Kier molecular flexibility index (Phi) is 3.97. The number of nitrogens with zero attached hydrogens (tertiary/aromatic N) is 2. The first-order valence-corrected chi connectivity index (χ1v) is 6.99. The molecule has 1 saturated heterocycles. The molecular weight excluding hydrogens is 257 g/mol. The minimum atomic E-state index is -0.270. The van der Waals surface area contributed by atoms with E-state index in [2.05, 4.69) is 10.4 Å². The zero-order valence-corrected chi connectivity index (χ0v) is 11.3. The lowest BCUT2D eigenvalue weighted by molar-refractivity contribution is 0.194. The average molecular weight is 275 g/mol. The molecule has 106 valence electrons. The van der Waals surface area contributed by atoms with Crippen molar-refractivity contribution < 1.29 is 9.13 Å². The number of hydrogen-bond donors (Lipinski definition) is 1. The molecule has 1 aliphatic heterocycles. The molecule has 5 heteroatoms. The van der Waals surface area contributed by atoms with Gasteiger partial charge in [-0.3, -0.25) is 0 Å². The highest BCUT2D eigenvalue weighted by Gasteiger charge is 2.14. The molecule has 2 heterocycles. The van der Waals surface area contributed by atoms with Gasteiger partial charge in [0, 0.05) is 6.54 Å². The van der Waals surface area contributed by atoms with Crippen LogP contribution in [0, 0.1) is 5.82 Å². The van der Waals surface area contributed by atoms with Gasteiger partial charge in [0.1, 0.15) is 11.9 Å². The predicted octanol–water partition coefficient (Wildman–Crippen LogP) is 2.53. The number of nitrogens with one attached hydrogen (secondary N) is 1. The fraction of sp³-hybridized carbons (Fsp3) is 0.400. The molecule has 0 radical (unpaired) electrons. The summed E-state index contributed by atoms with van der Waals surface area (Å²) in [5.41, 5.74) is 0.693. The second-order valence-corrected chi connectivity index (χ2v) is 5.04. The van der Waals surface area contributed by atoms with Crippen LogP contribution >= 0.6 is 0 Å². The molecule has 1 aromatic carbocycles. The molecule has 0 spiro atoms. The Morgan fingerprint density at radius 2 is 2.30 bits per heavy atom. The van der Waals surface area contributed by atoms with Gasteiger partial charge in [0.2, 0.25) is 0 Å². The van der Waals surface area contributed by atoms with Crippen LogP contribution in [0.15, 0.2) is 36.7 Å². The lowest BCUT2D eigenvalue weighted by Gasteiger charge is -2.15. The summed E-state index contributed by atoms with van der Waals surface area (Å²) in [7, 11) is 0. The van der Waals surface area contributed by atoms with Crippen molar-refractivity contribution in [2.75, 3.05) is 13.1 Å². The molecule has 3 rings (SSSR count). The fourth-order valence-corrected chi connectivity index (χ4v) is 2.41. The molecule has 1 fully saturated rings. The average Bonchev–Trinajstić information content (AvgIpc) is 2.75. The first-order valence-electron chi connectivity index (χ1n) is 6.99. The van der Waals surface area contributed by atoms with Crippen molar-refractivity contribution in [1.82, 2.24) is 15.1 Å². The first kappa shape index (κ1) is 13.1. The summed E-state index contributed by atoms with van der Waals surface area (Å²) in [6, 6.07) is 6.35. The molecule has 4 nitrogen and oxygen atoms in total. The van der Waals surface area contributed by atoms with Crippen LogP contribution in [0.2, 0.25) is 0 Å². The smallest absolute Gasteiger partial charge is 0.158 e. The Morgan fingerprint density at radius 3 is 3.20 bits per heavy atom. The second-order valence-electron chi connectivity index (χ2n) is 5.04. The van der Waals surface area contributed by atoms with Gasteiger partial charge in [0.15, 0.2) is 5.75 Å². The van der Waals surface area contributed by atoms with Crippen LogP contribution in [-0.4, -0.2) is 29.0 Å². The van der Waals surface area contributed by atoms with Gasteiger partial charge in [-0.1, -0.05) is 6.07 Å². The monoisotopic (exact) mass is 275 g/mol. The highest BCUT2D eigenvalue weighted by atomic mass is 19.1. The maximum absolute atomic E-state index is 13.2. The van der Waals surface area contributed by atoms with E-state index in [4.69, 9.17) is 4.74 Å². The van der Waals surface area contributed by atoms with Crippen LogP contribution in [0.1, 0.15) is 19.3 Å². The zero-order valence-electron chi connectivity index (χ0n) is 11.3. The number of halogens is 1. The predicted molar refractivity (Wildman–Crippen MR) is 74.7 cm³/mol. The highest BCUT2D eigenvalue weighted by molar-refractivity contribution is 5.32. The van der Waals surface area contributed by atoms with Crippen LogP contribution < -0.4 is 10.1 Å². The van der Waals surface area contributed by atoms with E-state index in [0.717, 1.165) is 25.3 Å². The summed E-state index contributed by atoms with van der Waals surface area (Å²) in [4.78, 5) is 0.